The lowest BCUT2D eigenvalue weighted by Crippen LogP contribution is -2.31. The van der Waals surface area contributed by atoms with Crippen LogP contribution >= 0.6 is 35.0 Å². The van der Waals surface area contributed by atoms with Gasteiger partial charge in [0.15, 0.2) is 12.4 Å². The standard InChI is InChI=1S/C33H21Cl2N5O5S/c1-17-2-4-18(5-3-17)29-22(14-36)30(38)39-31(23(29)15-37)46-27-13-28(42)40(32(27)43)21-9-6-19(7-10-21)33(44)45-16-26(41)20-8-11-24(34)25(35)12-20/h2-12,27H,13,16H2,1H3,(H2,38,39). The number of nitrogens with zero attached hydrogens (tertiary/aromatic N) is 4. The monoisotopic (exact) mass is 669 g/mol. The molecule has 0 bridgehead atoms. The number of halogens is 2. The van der Waals surface area contributed by atoms with Crippen molar-refractivity contribution in [2.75, 3.05) is 17.2 Å². The Morgan fingerprint density at radius 1 is 0.978 bits per heavy atom. The molecule has 3 aromatic carbocycles. The minimum atomic E-state index is -0.928. The van der Waals surface area contributed by atoms with Gasteiger partial charge in [-0.3, -0.25) is 14.4 Å². The molecule has 10 nitrogen and oxygen atoms in total. The summed E-state index contributed by atoms with van der Waals surface area (Å²) in [6.07, 6.45) is -0.184. The van der Waals surface area contributed by atoms with Gasteiger partial charge in [0.1, 0.15) is 28.5 Å². The maximum Gasteiger partial charge on any atom is 0.338 e. The summed E-state index contributed by atoms with van der Waals surface area (Å²) in [5, 5.41) is 19.5. The SMILES string of the molecule is Cc1ccc(-c2c(C#N)c(N)nc(SC3CC(=O)N(c4ccc(C(=O)OCC(=O)c5ccc(Cl)c(Cl)c5)cc4)C3=O)c2C#N)cc1. The lowest BCUT2D eigenvalue weighted by atomic mass is 9.96. The molecule has 0 spiro atoms. The average Bonchev–Trinajstić information content (AvgIpc) is 3.32. The van der Waals surface area contributed by atoms with Crippen LogP contribution in [-0.2, 0) is 14.3 Å². The Bertz CT molecular complexity index is 2000. The van der Waals surface area contributed by atoms with Crippen molar-refractivity contribution < 1.29 is 23.9 Å². The summed E-state index contributed by atoms with van der Waals surface area (Å²) in [7, 11) is 0. The number of esters is 1. The maximum atomic E-state index is 13.4. The van der Waals surface area contributed by atoms with E-state index in [0.717, 1.165) is 22.2 Å². The second-order valence-electron chi connectivity index (χ2n) is 10.1. The molecule has 1 aliphatic rings. The first-order valence-electron chi connectivity index (χ1n) is 13.5. The number of hydrogen-bond donors (Lipinski definition) is 1. The molecule has 1 fully saturated rings. The van der Waals surface area contributed by atoms with Crippen LogP contribution in [0.15, 0.2) is 71.8 Å². The number of carbonyl (C=O) groups excluding carboxylic acids is 4. The summed E-state index contributed by atoms with van der Waals surface area (Å²) in [5.41, 5.74) is 8.62. The van der Waals surface area contributed by atoms with Crippen LogP contribution in [0.4, 0.5) is 11.5 Å². The number of ketones is 1. The fourth-order valence-corrected chi connectivity index (χ4v) is 6.12. The van der Waals surface area contributed by atoms with Crippen molar-refractivity contribution in [1.29, 1.82) is 10.5 Å². The molecular formula is C33H21Cl2N5O5S. The number of aromatic nitrogens is 1. The van der Waals surface area contributed by atoms with Gasteiger partial charge in [-0.1, -0.05) is 64.8 Å². The number of ether oxygens (including phenoxy) is 1. The normalized spacial score (nSPS) is 14.1. The van der Waals surface area contributed by atoms with Crippen molar-refractivity contribution in [2.24, 2.45) is 0 Å². The molecule has 5 rings (SSSR count). The number of pyridine rings is 1. The number of rotatable bonds is 8. The molecule has 2 heterocycles. The molecule has 2 amide bonds. The fraction of sp³-hybridized carbons (Fsp3) is 0.121. The Balaban J connectivity index is 1.31. The third-order valence-electron chi connectivity index (χ3n) is 7.05. The largest absolute Gasteiger partial charge is 0.454 e. The van der Waals surface area contributed by atoms with E-state index in [2.05, 4.69) is 11.1 Å². The average molecular weight is 671 g/mol. The van der Waals surface area contributed by atoms with Crippen molar-refractivity contribution in [1.82, 2.24) is 4.98 Å². The van der Waals surface area contributed by atoms with E-state index in [9.17, 15) is 29.7 Å². The van der Waals surface area contributed by atoms with Gasteiger partial charge in [0.05, 0.1) is 32.1 Å². The van der Waals surface area contributed by atoms with E-state index in [0.29, 0.717) is 11.1 Å². The number of thioether (sulfide) groups is 1. The summed E-state index contributed by atoms with van der Waals surface area (Å²) in [5.74, 6) is -2.42. The van der Waals surface area contributed by atoms with Gasteiger partial charge in [-0.25, -0.2) is 14.7 Å². The Morgan fingerprint density at radius 3 is 2.26 bits per heavy atom. The maximum absolute atomic E-state index is 13.4. The summed E-state index contributed by atoms with van der Waals surface area (Å²) >= 11 is 12.7. The number of nitrogens with two attached hydrogens (primary N) is 1. The van der Waals surface area contributed by atoms with Crippen LogP contribution in [0.25, 0.3) is 11.1 Å². The first-order valence-corrected chi connectivity index (χ1v) is 15.2. The smallest absolute Gasteiger partial charge is 0.338 e. The van der Waals surface area contributed by atoms with E-state index in [4.69, 9.17) is 33.7 Å². The molecule has 228 valence electrons. The number of benzene rings is 3. The Hall–Kier alpha value is -5.20. The number of nitrogen functional groups attached to an aromatic ring is 1. The number of hydrogen-bond acceptors (Lipinski definition) is 10. The molecule has 1 atom stereocenters. The van der Waals surface area contributed by atoms with Crippen LogP contribution < -0.4 is 10.6 Å². The van der Waals surface area contributed by atoms with E-state index in [1.807, 2.05) is 25.1 Å². The predicted molar refractivity (Wildman–Crippen MR) is 173 cm³/mol. The zero-order valence-electron chi connectivity index (χ0n) is 23.9. The van der Waals surface area contributed by atoms with E-state index < -0.39 is 35.4 Å². The highest BCUT2D eigenvalue weighted by molar-refractivity contribution is 8.00. The molecule has 1 aromatic heterocycles. The summed E-state index contributed by atoms with van der Waals surface area (Å²) in [4.78, 5) is 56.6. The van der Waals surface area contributed by atoms with Gasteiger partial charge >= 0.3 is 5.97 Å². The third kappa shape index (κ3) is 6.44. The third-order valence-corrected chi connectivity index (χ3v) is 8.96. The van der Waals surface area contributed by atoms with Crippen LogP contribution in [0.5, 0.6) is 0 Å². The van der Waals surface area contributed by atoms with Gasteiger partial charge in [0, 0.05) is 17.5 Å². The summed E-state index contributed by atoms with van der Waals surface area (Å²) in [6, 6.07) is 21.2. The second-order valence-corrected chi connectivity index (χ2v) is 12.1. The second kappa shape index (κ2) is 13.4. The van der Waals surface area contributed by atoms with Gasteiger partial charge in [0.25, 0.3) is 0 Å². The highest BCUT2D eigenvalue weighted by Gasteiger charge is 2.41. The molecule has 1 saturated heterocycles. The van der Waals surface area contributed by atoms with Crippen LogP contribution in [0, 0.1) is 29.6 Å². The number of aryl methyl sites for hydroxylation is 1. The molecule has 13 heteroatoms. The van der Waals surface area contributed by atoms with Crippen molar-refractivity contribution in [3.8, 4) is 23.3 Å². The number of carbonyl (C=O) groups is 4. The van der Waals surface area contributed by atoms with Crippen molar-refractivity contribution in [3.63, 3.8) is 0 Å². The van der Waals surface area contributed by atoms with Crippen molar-refractivity contribution in [2.45, 2.75) is 23.6 Å². The number of nitriles is 2. The number of anilines is 2. The first-order chi connectivity index (χ1) is 22.0. The molecule has 0 radical (unpaired) electrons. The quantitative estimate of drug-likeness (QED) is 0.130. The van der Waals surface area contributed by atoms with Gasteiger partial charge < -0.3 is 10.5 Å². The summed E-state index contributed by atoms with van der Waals surface area (Å²) in [6.45, 7) is 1.37. The lowest BCUT2D eigenvalue weighted by molar-refractivity contribution is -0.121. The predicted octanol–water partition coefficient (Wildman–Crippen LogP) is 6.15. The Kier molecular flexibility index (Phi) is 9.40. The Labute approximate surface area is 277 Å². The van der Waals surface area contributed by atoms with Crippen molar-refractivity contribution in [3.05, 3.63) is 105 Å². The van der Waals surface area contributed by atoms with E-state index in [-0.39, 0.29) is 55.3 Å². The molecule has 1 unspecified atom stereocenters. The zero-order chi connectivity index (χ0) is 33.1. The molecule has 2 N–H and O–H groups in total. The first kappa shape index (κ1) is 32.2. The van der Waals surface area contributed by atoms with Gasteiger partial charge in [0.2, 0.25) is 11.8 Å². The molecule has 0 aliphatic carbocycles. The van der Waals surface area contributed by atoms with Crippen LogP contribution in [0.1, 0.15) is 43.8 Å². The number of amides is 2. The molecule has 1 aliphatic heterocycles. The zero-order valence-corrected chi connectivity index (χ0v) is 26.2. The molecule has 0 saturated carbocycles. The topological polar surface area (TPSA) is 167 Å². The van der Waals surface area contributed by atoms with Gasteiger partial charge in [-0.15, -0.1) is 0 Å². The fourth-order valence-electron chi connectivity index (χ4n) is 4.71. The highest BCUT2D eigenvalue weighted by atomic mass is 35.5. The molecule has 46 heavy (non-hydrogen) atoms. The van der Waals surface area contributed by atoms with E-state index in [1.165, 1.54) is 42.5 Å². The minimum Gasteiger partial charge on any atom is -0.454 e. The van der Waals surface area contributed by atoms with Crippen LogP contribution in [0.2, 0.25) is 10.0 Å². The van der Waals surface area contributed by atoms with Gasteiger partial charge in [-0.2, -0.15) is 10.5 Å². The van der Waals surface area contributed by atoms with Crippen molar-refractivity contribution >= 4 is 70.0 Å². The lowest BCUT2D eigenvalue weighted by Gasteiger charge is -2.16. The van der Waals surface area contributed by atoms with Crippen LogP contribution in [0.3, 0.4) is 0 Å². The van der Waals surface area contributed by atoms with Gasteiger partial charge in [-0.05, 0) is 55.0 Å². The summed E-state index contributed by atoms with van der Waals surface area (Å²) < 4.78 is 5.12. The van der Waals surface area contributed by atoms with E-state index in [1.54, 1.807) is 12.1 Å². The van der Waals surface area contributed by atoms with Crippen LogP contribution in [-0.4, -0.2) is 40.4 Å². The number of Topliss-reactive ketones (excluding diaryl/α,β-unsaturated/α-hetero) is 1. The Morgan fingerprint density at radius 2 is 1.63 bits per heavy atom. The van der Waals surface area contributed by atoms with E-state index >= 15 is 0 Å². The molecular weight excluding hydrogens is 649 g/mol. The molecule has 4 aromatic rings. The minimum absolute atomic E-state index is 0.0394. The highest BCUT2D eigenvalue weighted by Crippen LogP contribution is 2.40. The number of imide groups is 1.